The van der Waals surface area contributed by atoms with Gasteiger partial charge in [0.25, 0.3) is 0 Å². The lowest BCUT2D eigenvalue weighted by Crippen LogP contribution is -2.50. The Morgan fingerprint density at radius 3 is 1.01 bits per heavy atom. The van der Waals surface area contributed by atoms with Crippen LogP contribution in [0.3, 0.4) is 0 Å². The largest absolute Gasteiger partial charge is 0.497 e. The van der Waals surface area contributed by atoms with Gasteiger partial charge in [-0.3, -0.25) is 19.2 Å². The normalized spacial score (nSPS) is 15.4. The fraction of sp³-hybridized carbons (Fsp3) is 0.350. The van der Waals surface area contributed by atoms with Crippen LogP contribution in [0.15, 0.2) is 213 Å². The van der Waals surface area contributed by atoms with Crippen LogP contribution in [0.4, 0.5) is 49.7 Å². The zero-order valence-corrected chi connectivity index (χ0v) is 78.5. The van der Waals surface area contributed by atoms with Gasteiger partial charge in [0.15, 0.2) is 34.9 Å². The predicted molar refractivity (Wildman–Crippen MR) is 517 cm³/mol. The number of piperazine rings is 4. The van der Waals surface area contributed by atoms with Crippen molar-refractivity contribution in [1.82, 2.24) is 104 Å². The molecule has 31 nitrogen and oxygen atoms in total. The molecule has 6 aromatic carbocycles. The average molecular weight is 1910 g/mol. The maximum Gasteiger partial charge on any atom is 0.244 e. The molecule has 4 aliphatic heterocycles. The highest BCUT2D eigenvalue weighted by molar-refractivity contribution is 5.80. The standard InChI is InChI=1S/C27H33FN6O2.C26H24F2N6O.C26H31FN6O2.C24H21F2N7O/c1-19-10-11-29-24(16-19)32-12-14-33(15-13-32)25(35)18-34-27(20-6-4-3-5-7-20)30-26(31-34)22-9-8-21(36-2)17-23(22)28;1-18-8-9-29-23(14-18)32-10-12-33(13-11-32)24(35)17-34-26(20-5-3-7-22(28)16-20)30-25(31-34)19-4-2-6-21(27)15-19;1-35-20-10-11-21(22(27)17-20)25-29-26(19-7-3-2-4-8-19)33(30-25)18-24(34)32-15-13-31(14-16-32)23-9-5-6-12-28-23;25-19-6-1-4-17(14-19)22-29-23(18-5-2-7-20(26)15-18)33(30-22)16-21(34)31-10-12-32(13-11-31)24-27-8-3-9-28-24/h8-11,16-17,20H,3-7,12-15,18H2,1-2H3;2-9,14-16H,10-13,17H2,1H3;5-6,9-12,17,19H,2-4,7-8,13-16,18H2,1H3;1-9,14-15H,10-13,16H2. The second-order valence-electron chi connectivity index (χ2n) is 35.2. The Balaban J connectivity index is 0.000000129. The van der Waals surface area contributed by atoms with Crippen LogP contribution in [0.1, 0.15) is 98.8 Å². The summed E-state index contributed by atoms with van der Waals surface area (Å²) in [5, 5.41) is 18.2. The third-order valence-corrected chi connectivity index (χ3v) is 25.8. The fourth-order valence-corrected chi connectivity index (χ4v) is 18.2. The highest BCUT2D eigenvalue weighted by Gasteiger charge is 2.34. The topological polar surface area (TPSA) is 300 Å². The van der Waals surface area contributed by atoms with Crippen molar-refractivity contribution in [2.75, 3.05) is 139 Å². The van der Waals surface area contributed by atoms with Gasteiger partial charge in [0.2, 0.25) is 29.6 Å². The Morgan fingerprint density at radius 1 is 0.314 bits per heavy atom. The second-order valence-corrected chi connectivity index (χ2v) is 35.2. The molecule has 0 atom stereocenters. The Labute approximate surface area is 806 Å². The number of hydrogen-bond acceptors (Lipinski definition) is 23. The lowest BCUT2D eigenvalue weighted by atomic mass is 9.88. The van der Waals surface area contributed by atoms with Gasteiger partial charge in [-0.15, -0.1) is 10.2 Å². The number of methoxy groups -OCH3 is 2. The molecule has 6 aliphatic rings. The molecule has 6 fully saturated rings. The van der Waals surface area contributed by atoms with Crippen LogP contribution in [-0.4, -0.2) is 246 Å². The molecule has 8 aromatic heterocycles. The molecule has 0 spiro atoms. The zero-order valence-electron chi connectivity index (χ0n) is 78.5. The molecule has 0 bridgehead atoms. The number of ether oxygens (including phenoxy) is 2. The molecule has 2 aliphatic carbocycles. The van der Waals surface area contributed by atoms with E-state index in [2.05, 4.69) is 83.0 Å². The number of carbonyl (C=O) groups is 4. The van der Waals surface area contributed by atoms with E-state index in [4.69, 9.17) is 19.4 Å². The lowest BCUT2D eigenvalue weighted by molar-refractivity contribution is -0.133. The Bertz CT molecular complexity index is 6600. The summed E-state index contributed by atoms with van der Waals surface area (Å²) >= 11 is 0. The lowest BCUT2D eigenvalue weighted by Gasteiger charge is -2.35. The Morgan fingerprint density at radius 2 is 0.657 bits per heavy atom. The number of pyridine rings is 3. The van der Waals surface area contributed by atoms with E-state index in [-0.39, 0.29) is 73.3 Å². The van der Waals surface area contributed by atoms with Gasteiger partial charge < -0.3 is 48.7 Å². The summed E-state index contributed by atoms with van der Waals surface area (Å²) in [6, 6.07) is 48.7. The van der Waals surface area contributed by atoms with Gasteiger partial charge >= 0.3 is 0 Å². The molecule has 12 heterocycles. The summed E-state index contributed by atoms with van der Waals surface area (Å²) in [5.41, 5.74) is 4.87. The zero-order chi connectivity index (χ0) is 97.1. The maximum absolute atomic E-state index is 14.8. The number of benzene rings is 6. The molecule has 2 saturated carbocycles. The van der Waals surface area contributed by atoms with Crippen molar-refractivity contribution in [3.05, 3.63) is 271 Å². The third-order valence-electron chi connectivity index (χ3n) is 25.8. The molecular weight excluding hydrogens is 1800 g/mol. The fourth-order valence-electron chi connectivity index (χ4n) is 18.2. The van der Waals surface area contributed by atoms with Crippen LogP contribution in [0, 0.1) is 48.8 Å². The minimum Gasteiger partial charge on any atom is -0.497 e. The molecule has 4 amide bonds. The van der Waals surface area contributed by atoms with E-state index in [0.29, 0.717) is 153 Å². The van der Waals surface area contributed by atoms with E-state index in [1.807, 2.05) is 64.2 Å². The molecule has 140 heavy (non-hydrogen) atoms. The third kappa shape index (κ3) is 24.1. The van der Waals surface area contributed by atoms with Crippen molar-refractivity contribution in [3.63, 3.8) is 0 Å². The first kappa shape index (κ1) is 96.4. The van der Waals surface area contributed by atoms with Gasteiger partial charge in [0.05, 0.1) is 25.3 Å². The number of carbonyl (C=O) groups excluding carboxylic acids is 4. The van der Waals surface area contributed by atoms with E-state index in [1.165, 1.54) is 103 Å². The first-order valence-corrected chi connectivity index (χ1v) is 47.3. The van der Waals surface area contributed by atoms with Crippen LogP contribution in [-0.2, 0) is 45.4 Å². The maximum atomic E-state index is 14.8. The number of aromatic nitrogens is 17. The molecule has 37 heteroatoms. The molecule has 14 aromatic rings. The highest BCUT2D eigenvalue weighted by atomic mass is 19.1. The first-order chi connectivity index (χ1) is 68.2. The number of anilines is 4. The van der Waals surface area contributed by atoms with Gasteiger partial charge in [-0.2, -0.15) is 10.2 Å². The van der Waals surface area contributed by atoms with Crippen molar-refractivity contribution in [1.29, 1.82) is 0 Å². The number of aryl methyl sites for hydroxylation is 2. The highest BCUT2D eigenvalue weighted by Crippen LogP contribution is 2.38. The van der Waals surface area contributed by atoms with Crippen LogP contribution in [0.2, 0.25) is 0 Å². The van der Waals surface area contributed by atoms with E-state index in [1.54, 1.807) is 123 Å². The predicted octanol–water partition coefficient (Wildman–Crippen LogP) is 15.0. The average Bonchev–Trinajstić information content (AvgIpc) is 1.66. The van der Waals surface area contributed by atoms with Crippen LogP contribution in [0.5, 0.6) is 11.5 Å². The number of halogens is 6. The molecule has 0 radical (unpaired) electrons. The summed E-state index contributed by atoms with van der Waals surface area (Å²) < 4.78 is 102. The molecular formula is C103H109F6N25O6. The monoisotopic (exact) mass is 1910 g/mol. The number of rotatable bonds is 22. The van der Waals surface area contributed by atoms with Gasteiger partial charge in [-0.05, 0) is 166 Å². The summed E-state index contributed by atoms with van der Waals surface area (Å²) in [5.74, 6) is 5.42. The number of amides is 4. The van der Waals surface area contributed by atoms with Crippen LogP contribution in [0.25, 0.3) is 68.3 Å². The van der Waals surface area contributed by atoms with Crippen molar-refractivity contribution in [2.45, 2.75) is 116 Å². The summed E-state index contributed by atoms with van der Waals surface area (Å²) in [6.45, 7) is 14.3. The number of nitrogens with zero attached hydrogens (tertiary/aromatic N) is 25. The molecule has 20 rings (SSSR count). The summed E-state index contributed by atoms with van der Waals surface area (Å²) in [4.78, 5) is 109. The number of hydrogen-bond donors (Lipinski definition) is 0. The van der Waals surface area contributed by atoms with Crippen LogP contribution < -0.4 is 29.1 Å². The Kier molecular flexibility index (Phi) is 31.2. The van der Waals surface area contributed by atoms with Gasteiger partial charge in [0, 0.05) is 182 Å². The van der Waals surface area contributed by atoms with Crippen molar-refractivity contribution in [2.24, 2.45) is 0 Å². The van der Waals surface area contributed by atoms with Gasteiger partial charge in [0.1, 0.15) is 102 Å². The van der Waals surface area contributed by atoms with Crippen molar-refractivity contribution < 1.29 is 55.0 Å². The quantitative estimate of drug-likeness (QED) is 0.0569. The van der Waals surface area contributed by atoms with Crippen LogP contribution >= 0.6 is 0 Å². The molecule has 4 saturated heterocycles. The van der Waals surface area contributed by atoms with E-state index < -0.39 is 34.9 Å². The first-order valence-electron chi connectivity index (χ1n) is 47.3. The molecule has 0 N–H and O–H groups in total. The van der Waals surface area contributed by atoms with E-state index in [0.717, 1.165) is 112 Å². The SMILES string of the molecule is COc1ccc(-c2nc(C3CCCCC3)n(CC(=O)N3CCN(c4cc(C)ccn4)CC3)n2)c(F)c1.COc1ccc(-c2nc(C3CCCCC3)n(CC(=O)N3CCN(c4ccccn4)CC3)n2)c(F)c1.Cc1ccnc(N2CCN(C(=O)Cn3nc(-c4cccc(F)c4)nc3-c3cccc(F)c3)CC2)c1.O=C(Cn1nc(-c2cccc(F)c2)nc1-c1cccc(F)c1)N1CCN(c2ncccn2)CC1. The van der Waals surface area contributed by atoms with Gasteiger partial charge in [-0.1, -0.05) is 93.1 Å². The molecule has 0 unspecified atom stereocenters. The van der Waals surface area contributed by atoms with Crippen molar-refractivity contribution in [3.8, 4) is 79.8 Å². The van der Waals surface area contributed by atoms with E-state index in [9.17, 15) is 45.5 Å². The van der Waals surface area contributed by atoms with Gasteiger partial charge in [-0.25, -0.2) is 89.9 Å². The van der Waals surface area contributed by atoms with E-state index >= 15 is 0 Å². The summed E-state index contributed by atoms with van der Waals surface area (Å²) in [7, 11) is 3.01. The summed E-state index contributed by atoms with van der Waals surface area (Å²) in [6.07, 6.45) is 19.8. The smallest absolute Gasteiger partial charge is 0.244 e. The molecule has 724 valence electrons. The van der Waals surface area contributed by atoms with Crippen molar-refractivity contribution >= 4 is 47.0 Å². The Hall–Kier alpha value is -15.3. The minimum atomic E-state index is -0.436. The minimum absolute atomic E-state index is 0.00869. The second kappa shape index (κ2) is 45.3.